The molecule has 1 aromatic carbocycles. The fourth-order valence-corrected chi connectivity index (χ4v) is 2.66. The molecule has 2 amide bonds. The van der Waals surface area contributed by atoms with Crippen LogP contribution in [-0.4, -0.2) is 29.2 Å². The maximum Gasteiger partial charge on any atom is 0.460 e. The minimum absolute atomic E-state index is 0.393. The van der Waals surface area contributed by atoms with E-state index in [0.29, 0.717) is 4.90 Å². The average Bonchev–Trinajstić information content (AvgIpc) is 2.77. The monoisotopic (exact) mass is 373 g/mol. The molecule has 1 aliphatic heterocycles. The van der Waals surface area contributed by atoms with Crippen LogP contribution in [-0.2, 0) is 9.59 Å². The summed E-state index contributed by atoms with van der Waals surface area (Å²) in [7, 11) is 0. The Morgan fingerprint density at radius 2 is 1.33 bits per heavy atom. The third-order valence-electron chi connectivity index (χ3n) is 2.88. The van der Waals surface area contributed by atoms with Gasteiger partial charge in [-0.05, 0) is 23.9 Å². The molecule has 0 atom stereocenters. The Labute approximate surface area is 134 Å². The van der Waals surface area contributed by atoms with E-state index in [-0.39, 0.29) is 0 Å². The number of hydrogen-bond acceptors (Lipinski definition) is 3. The summed E-state index contributed by atoms with van der Waals surface area (Å²) in [5.74, 6) is -8.17. The molecule has 24 heavy (non-hydrogen) atoms. The van der Waals surface area contributed by atoms with E-state index in [1.807, 2.05) is 0 Å². The van der Waals surface area contributed by atoms with Gasteiger partial charge in [0.25, 0.3) is 11.8 Å². The van der Waals surface area contributed by atoms with Crippen molar-refractivity contribution in [2.45, 2.75) is 22.2 Å². The summed E-state index contributed by atoms with van der Waals surface area (Å²) < 4.78 is 89.6. The van der Waals surface area contributed by atoms with E-state index in [4.69, 9.17) is 0 Å². The number of para-hydroxylation sites is 1. The van der Waals surface area contributed by atoms with Gasteiger partial charge < -0.3 is 0 Å². The zero-order valence-corrected chi connectivity index (χ0v) is 12.1. The van der Waals surface area contributed by atoms with E-state index in [1.165, 1.54) is 6.07 Å². The summed E-state index contributed by atoms with van der Waals surface area (Å²) in [6.07, 6.45) is -4.85. The molecule has 3 nitrogen and oxygen atoms in total. The van der Waals surface area contributed by atoms with E-state index in [9.17, 15) is 40.3 Å². The molecule has 0 bridgehead atoms. The van der Waals surface area contributed by atoms with Crippen LogP contribution in [0.3, 0.4) is 0 Å². The molecule has 0 saturated carbocycles. The number of amides is 2. The molecule has 11 heteroatoms. The smallest absolute Gasteiger partial charge is 0.269 e. The number of thioether (sulfide) groups is 1. The summed E-state index contributed by atoms with van der Waals surface area (Å²) in [6, 6.07) is 4.08. The molecule has 0 spiro atoms. The highest BCUT2D eigenvalue weighted by molar-refractivity contribution is 8.00. The van der Waals surface area contributed by atoms with Crippen molar-refractivity contribution in [3.05, 3.63) is 36.4 Å². The van der Waals surface area contributed by atoms with Crippen LogP contribution in [0, 0.1) is 0 Å². The number of nitrogens with zero attached hydrogens (tertiary/aromatic N) is 1. The van der Waals surface area contributed by atoms with Crippen LogP contribution in [0.2, 0.25) is 0 Å². The molecule has 130 valence electrons. The number of hydrogen-bond donors (Lipinski definition) is 0. The molecule has 0 aliphatic carbocycles. The standard InChI is InChI=1S/C13H6F7NO2S/c14-11(15,12(16,17)18)13(19,20)24-8-4-2-1-3-7(8)21-9(22)5-6-10(21)23/h1-6H. The third-order valence-corrected chi connectivity index (χ3v) is 3.95. The van der Waals surface area contributed by atoms with Gasteiger partial charge in [0.05, 0.1) is 5.69 Å². The van der Waals surface area contributed by atoms with Gasteiger partial charge in [0.15, 0.2) is 0 Å². The second-order valence-corrected chi connectivity index (χ2v) is 5.66. The number of halogens is 7. The van der Waals surface area contributed by atoms with Crippen molar-refractivity contribution in [1.82, 2.24) is 0 Å². The molecule has 0 unspecified atom stereocenters. The van der Waals surface area contributed by atoms with Crippen molar-refractivity contribution >= 4 is 29.3 Å². The van der Waals surface area contributed by atoms with Crippen LogP contribution in [0.5, 0.6) is 0 Å². The van der Waals surface area contributed by atoms with Crippen LogP contribution in [0.25, 0.3) is 0 Å². The summed E-state index contributed by atoms with van der Waals surface area (Å²) in [5.41, 5.74) is -0.514. The van der Waals surface area contributed by atoms with Crippen molar-refractivity contribution in [2.75, 3.05) is 4.90 Å². The van der Waals surface area contributed by atoms with Crippen LogP contribution < -0.4 is 4.90 Å². The Morgan fingerprint density at radius 1 is 0.833 bits per heavy atom. The molecule has 0 radical (unpaired) electrons. The maximum absolute atomic E-state index is 13.5. The van der Waals surface area contributed by atoms with Gasteiger partial charge in [0.2, 0.25) is 0 Å². The molecule has 1 heterocycles. The number of imide groups is 1. The van der Waals surface area contributed by atoms with Crippen LogP contribution >= 0.6 is 11.8 Å². The summed E-state index contributed by atoms with van der Waals surface area (Å²) >= 11 is -1.08. The summed E-state index contributed by atoms with van der Waals surface area (Å²) in [5, 5.41) is -5.55. The first-order valence-electron chi connectivity index (χ1n) is 6.05. The topological polar surface area (TPSA) is 37.4 Å². The Kier molecular flexibility index (Phi) is 4.42. The largest absolute Gasteiger partial charge is 0.460 e. The molecule has 0 saturated heterocycles. The molecule has 1 aliphatic rings. The van der Waals surface area contributed by atoms with Crippen molar-refractivity contribution in [3.8, 4) is 0 Å². The van der Waals surface area contributed by atoms with Gasteiger partial charge in [-0.25, -0.2) is 4.90 Å². The van der Waals surface area contributed by atoms with Gasteiger partial charge in [-0.15, -0.1) is 0 Å². The number of benzene rings is 1. The van der Waals surface area contributed by atoms with Gasteiger partial charge in [0, 0.05) is 17.0 Å². The number of rotatable bonds is 4. The Hall–Kier alpha value is -2.04. The minimum atomic E-state index is -6.47. The van der Waals surface area contributed by atoms with E-state index >= 15 is 0 Å². The highest BCUT2D eigenvalue weighted by Crippen LogP contribution is 2.55. The first-order valence-corrected chi connectivity index (χ1v) is 6.86. The zero-order chi connectivity index (χ0) is 18.3. The number of anilines is 1. The van der Waals surface area contributed by atoms with E-state index in [1.54, 1.807) is 0 Å². The van der Waals surface area contributed by atoms with Crippen LogP contribution in [0.15, 0.2) is 41.3 Å². The first kappa shape index (κ1) is 18.3. The quantitative estimate of drug-likeness (QED) is 0.455. The van der Waals surface area contributed by atoms with Crippen LogP contribution in [0.1, 0.15) is 0 Å². The van der Waals surface area contributed by atoms with Gasteiger partial charge in [-0.1, -0.05) is 12.1 Å². The number of carbonyl (C=O) groups is 2. The number of carbonyl (C=O) groups excluding carboxylic acids is 2. The lowest BCUT2D eigenvalue weighted by Crippen LogP contribution is -2.50. The maximum atomic E-state index is 13.5. The molecular formula is C13H6F7NO2S. The summed E-state index contributed by atoms with van der Waals surface area (Å²) in [4.78, 5) is 22.7. The van der Waals surface area contributed by atoms with Crippen molar-refractivity contribution < 1.29 is 40.3 Å². The molecule has 1 aromatic rings. The first-order chi connectivity index (χ1) is 10.9. The van der Waals surface area contributed by atoms with E-state index < -0.39 is 51.5 Å². The van der Waals surface area contributed by atoms with Crippen LogP contribution in [0.4, 0.5) is 36.4 Å². The second-order valence-electron chi connectivity index (χ2n) is 4.50. The lowest BCUT2D eigenvalue weighted by Gasteiger charge is -2.28. The molecule has 0 N–H and O–H groups in total. The Morgan fingerprint density at radius 3 is 1.83 bits per heavy atom. The molecular weight excluding hydrogens is 367 g/mol. The van der Waals surface area contributed by atoms with Crippen molar-refractivity contribution in [3.63, 3.8) is 0 Å². The zero-order valence-electron chi connectivity index (χ0n) is 11.3. The third kappa shape index (κ3) is 2.99. The second kappa shape index (κ2) is 5.80. The highest BCUT2D eigenvalue weighted by Gasteiger charge is 2.73. The Bertz CT molecular complexity index is 697. The fourth-order valence-electron chi connectivity index (χ4n) is 1.73. The SMILES string of the molecule is O=C1C=CC(=O)N1c1ccccc1SC(F)(F)C(F)(F)C(F)(F)F. The predicted octanol–water partition coefficient (Wildman–Crippen LogP) is 4.00. The van der Waals surface area contributed by atoms with Gasteiger partial charge in [0.1, 0.15) is 0 Å². The minimum Gasteiger partial charge on any atom is -0.269 e. The average molecular weight is 373 g/mol. The lowest BCUT2D eigenvalue weighted by molar-refractivity contribution is -0.330. The fraction of sp³-hybridized carbons (Fsp3) is 0.231. The predicted molar refractivity (Wildman–Crippen MR) is 69.9 cm³/mol. The van der Waals surface area contributed by atoms with E-state index in [2.05, 4.69) is 0 Å². The Balaban J connectivity index is 2.41. The molecule has 0 fully saturated rings. The van der Waals surface area contributed by atoms with Gasteiger partial charge >= 0.3 is 17.4 Å². The molecule has 2 rings (SSSR count). The van der Waals surface area contributed by atoms with Gasteiger partial charge in [-0.2, -0.15) is 30.7 Å². The number of alkyl halides is 7. The summed E-state index contributed by atoms with van der Waals surface area (Å²) in [6.45, 7) is 0. The highest BCUT2D eigenvalue weighted by atomic mass is 32.2. The van der Waals surface area contributed by atoms with E-state index in [0.717, 1.165) is 30.4 Å². The van der Waals surface area contributed by atoms with Crippen molar-refractivity contribution in [2.24, 2.45) is 0 Å². The molecule has 0 aromatic heterocycles. The lowest BCUT2D eigenvalue weighted by atomic mass is 10.3. The van der Waals surface area contributed by atoms with Gasteiger partial charge in [-0.3, -0.25) is 9.59 Å². The van der Waals surface area contributed by atoms with Crippen molar-refractivity contribution in [1.29, 1.82) is 0 Å². The normalized spacial score (nSPS) is 16.2.